The van der Waals surface area contributed by atoms with E-state index in [1.807, 2.05) is 12.1 Å². The maximum atomic E-state index is 7.33. The van der Waals surface area contributed by atoms with Crippen LogP contribution in [0.1, 0.15) is 0 Å². The topological polar surface area (TPSA) is 23.8 Å². The lowest BCUT2D eigenvalue weighted by Crippen LogP contribution is -2.21. The SMILES string of the molecule is CB(C)c1cccc([NH])c1. The summed E-state index contributed by atoms with van der Waals surface area (Å²) < 4.78 is 0. The van der Waals surface area contributed by atoms with Gasteiger partial charge < -0.3 is 5.73 Å². The molecule has 0 fully saturated rings. The Morgan fingerprint density at radius 3 is 2.40 bits per heavy atom. The molecule has 1 aromatic carbocycles. The molecular weight excluding hydrogens is 121 g/mol. The highest BCUT2D eigenvalue weighted by Crippen LogP contribution is 1.99. The van der Waals surface area contributed by atoms with Gasteiger partial charge in [-0.25, -0.2) is 0 Å². The van der Waals surface area contributed by atoms with Gasteiger partial charge in [0, 0.05) is 0 Å². The van der Waals surface area contributed by atoms with E-state index in [1.165, 1.54) is 5.46 Å². The van der Waals surface area contributed by atoms with Crippen LogP contribution in [0.15, 0.2) is 24.3 Å². The molecule has 0 saturated heterocycles. The van der Waals surface area contributed by atoms with Crippen LogP contribution in [0.3, 0.4) is 0 Å². The molecule has 0 amide bonds. The first kappa shape index (κ1) is 7.20. The summed E-state index contributed by atoms with van der Waals surface area (Å²) in [5.74, 6) is 0. The van der Waals surface area contributed by atoms with Crippen molar-refractivity contribution in [1.82, 2.24) is 5.73 Å². The zero-order valence-corrected chi connectivity index (χ0v) is 6.39. The van der Waals surface area contributed by atoms with Crippen LogP contribution in [0.5, 0.6) is 0 Å². The smallest absolute Gasteiger partial charge is 0.169 e. The van der Waals surface area contributed by atoms with Crippen LogP contribution in [-0.2, 0) is 0 Å². The van der Waals surface area contributed by atoms with E-state index in [0.29, 0.717) is 12.4 Å². The lowest BCUT2D eigenvalue weighted by molar-refractivity contribution is 1.50. The Kier molecular flexibility index (Phi) is 2.00. The van der Waals surface area contributed by atoms with Crippen LogP contribution in [0, 0.1) is 0 Å². The molecule has 0 aliphatic carbocycles. The first-order valence-corrected chi connectivity index (χ1v) is 3.51. The van der Waals surface area contributed by atoms with Crippen LogP contribution >= 0.6 is 0 Å². The molecule has 0 heterocycles. The van der Waals surface area contributed by atoms with E-state index in [-0.39, 0.29) is 0 Å². The molecule has 1 aromatic rings. The Balaban J connectivity index is 2.96. The minimum Gasteiger partial charge on any atom is -0.301 e. The number of benzene rings is 1. The summed E-state index contributed by atoms with van der Waals surface area (Å²) in [6.45, 7) is 4.80. The van der Waals surface area contributed by atoms with Gasteiger partial charge in [-0.1, -0.05) is 31.2 Å². The summed E-state index contributed by atoms with van der Waals surface area (Å²) in [6, 6.07) is 7.69. The van der Waals surface area contributed by atoms with Crippen LogP contribution < -0.4 is 11.2 Å². The highest BCUT2D eigenvalue weighted by Gasteiger charge is 2.00. The molecule has 0 saturated carbocycles. The Morgan fingerprint density at radius 2 is 2.00 bits per heavy atom. The molecule has 51 valence electrons. The fourth-order valence-corrected chi connectivity index (χ4v) is 0.898. The number of hydrogen-bond donors (Lipinski definition) is 0. The molecule has 0 aromatic heterocycles. The monoisotopic (exact) mass is 132 g/mol. The molecule has 0 bridgehead atoms. The molecule has 1 radical (unpaired) electrons. The Morgan fingerprint density at radius 1 is 1.30 bits per heavy atom. The van der Waals surface area contributed by atoms with E-state index in [1.54, 1.807) is 6.07 Å². The maximum Gasteiger partial charge on any atom is 0.169 e. The summed E-state index contributed by atoms with van der Waals surface area (Å²) in [6.07, 6.45) is 0. The van der Waals surface area contributed by atoms with Crippen molar-refractivity contribution in [3.63, 3.8) is 0 Å². The quantitative estimate of drug-likeness (QED) is 0.518. The average molecular weight is 132 g/mol. The third-order valence-corrected chi connectivity index (χ3v) is 1.55. The molecule has 0 unspecified atom stereocenters. The Hall–Kier alpha value is -0.915. The molecule has 0 aliphatic heterocycles. The van der Waals surface area contributed by atoms with Gasteiger partial charge in [-0.15, -0.1) is 0 Å². The molecule has 1 nitrogen and oxygen atoms in total. The van der Waals surface area contributed by atoms with Gasteiger partial charge in [-0.3, -0.25) is 0 Å². The number of rotatable bonds is 1. The second-order valence-electron chi connectivity index (χ2n) is 2.78. The molecule has 1 N–H and O–H groups in total. The van der Waals surface area contributed by atoms with E-state index in [2.05, 4.69) is 19.7 Å². The molecule has 2 heteroatoms. The summed E-state index contributed by atoms with van der Waals surface area (Å²) in [5.41, 5.74) is 9.18. The first-order chi connectivity index (χ1) is 4.70. The zero-order valence-electron chi connectivity index (χ0n) is 6.39. The van der Waals surface area contributed by atoms with Gasteiger partial charge in [0.1, 0.15) is 0 Å². The van der Waals surface area contributed by atoms with Crippen molar-refractivity contribution in [1.29, 1.82) is 0 Å². The molecule has 0 aliphatic rings. The summed E-state index contributed by atoms with van der Waals surface area (Å²) >= 11 is 0. The van der Waals surface area contributed by atoms with E-state index in [0.717, 1.165) is 0 Å². The van der Waals surface area contributed by atoms with Crippen LogP contribution in [0.25, 0.3) is 0 Å². The largest absolute Gasteiger partial charge is 0.301 e. The van der Waals surface area contributed by atoms with Gasteiger partial charge in [0.05, 0.1) is 5.69 Å². The lowest BCUT2D eigenvalue weighted by atomic mass is 9.49. The number of hydrogen-bond acceptors (Lipinski definition) is 0. The molecule has 0 atom stereocenters. The van der Waals surface area contributed by atoms with Crippen LogP contribution in [-0.4, -0.2) is 6.71 Å². The van der Waals surface area contributed by atoms with E-state index < -0.39 is 0 Å². The predicted molar refractivity (Wildman–Crippen MR) is 46.3 cm³/mol. The van der Waals surface area contributed by atoms with Crippen molar-refractivity contribution >= 4 is 17.9 Å². The zero-order chi connectivity index (χ0) is 7.56. The fourth-order valence-electron chi connectivity index (χ4n) is 0.898. The molecule has 0 spiro atoms. The summed E-state index contributed by atoms with van der Waals surface area (Å²) in [7, 11) is 0. The van der Waals surface area contributed by atoms with Crippen molar-refractivity contribution < 1.29 is 0 Å². The van der Waals surface area contributed by atoms with Crippen LogP contribution in [0.4, 0.5) is 5.69 Å². The van der Waals surface area contributed by atoms with Gasteiger partial charge in [0.25, 0.3) is 0 Å². The van der Waals surface area contributed by atoms with E-state index >= 15 is 0 Å². The third-order valence-electron chi connectivity index (χ3n) is 1.55. The van der Waals surface area contributed by atoms with Gasteiger partial charge in [0.15, 0.2) is 6.71 Å². The van der Waals surface area contributed by atoms with Crippen molar-refractivity contribution in [2.24, 2.45) is 0 Å². The van der Waals surface area contributed by atoms with Crippen LogP contribution in [0.2, 0.25) is 13.6 Å². The average Bonchev–Trinajstić information content (AvgIpc) is 1.88. The van der Waals surface area contributed by atoms with E-state index in [9.17, 15) is 0 Å². The predicted octanol–water partition coefficient (Wildman–Crippen LogP) is 1.56. The van der Waals surface area contributed by atoms with Gasteiger partial charge in [0.2, 0.25) is 0 Å². The van der Waals surface area contributed by atoms with Gasteiger partial charge in [-0.05, 0) is 12.1 Å². The van der Waals surface area contributed by atoms with Crippen molar-refractivity contribution in [3.8, 4) is 0 Å². The highest BCUT2D eigenvalue weighted by atomic mass is 14.5. The normalized spacial score (nSPS) is 9.40. The van der Waals surface area contributed by atoms with Crippen molar-refractivity contribution in [2.45, 2.75) is 13.6 Å². The Labute approximate surface area is 62.3 Å². The molecule has 1 rings (SSSR count). The maximum absolute atomic E-state index is 7.33. The molecular formula is C8H11BN. The minimum atomic E-state index is 0.533. The minimum absolute atomic E-state index is 0.533. The Bertz CT molecular complexity index is 220. The van der Waals surface area contributed by atoms with Gasteiger partial charge >= 0.3 is 0 Å². The highest BCUT2D eigenvalue weighted by molar-refractivity contribution is 6.70. The fraction of sp³-hybridized carbons (Fsp3) is 0.250. The van der Waals surface area contributed by atoms with Crippen molar-refractivity contribution in [2.75, 3.05) is 0 Å². The first-order valence-electron chi connectivity index (χ1n) is 3.51. The summed E-state index contributed by atoms with van der Waals surface area (Å²) in [4.78, 5) is 0. The number of nitrogens with one attached hydrogen (secondary N) is 1. The van der Waals surface area contributed by atoms with E-state index in [4.69, 9.17) is 5.73 Å². The van der Waals surface area contributed by atoms with Gasteiger partial charge in [-0.2, -0.15) is 0 Å². The molecule has 10 heavy (non-hydrogen) atoms. The van der Waals surface area contributed by atoms with Crippen molar-refractivity contribution in [3.05, 3.63) is 24.3 Å². The second-order valence-corrected chi connectivity index (χ2v) is 2.78. The standard InChI is InChI=1S/C8H11BN/c1-9(2)7-4-3-5-8(10)6-7/h3-6,10H,1-2H3. The summed E-state index contributed by atoms with van der Waals surface area (Å²) in [5, 5.41) is 0. The third kappa shape index (κ3) is 1.53. The second kappa shape index (κ2) is 2.78. The lowest BCUT2D eigenvalue weighted by Gasteiger charge is -2.00.